The van der Waals surface area contributed by atoms with Crippen LogP contribution in [0.2, 0.25) is 0 Å². The molecule has 14 heteroatoms. The van der Waals surface area contributed by atoms with E-state index >= 15 is 0 Å². The van der Waals surface area contributed by atoms with Gasteiger partial charge in [0.05, 0.1) is 55.2 Å². The zero-order valence-electron chi connectivity index (χ0n) is 33.3. The van der Waals surface area contributed by atoms with Crippen LogP contribution in [0.5, 0.6) is 17.2 Å². The summed E-state index contributed by atoms with van der Waals surface area (Å²) in [5.74, 6) is -0.976. The summed E-state index contributed by atoms with van der Waals surface area (Å²) in [4.78, 5) is 34.2. The number of rotatable bonds is 9. The van der Waals surface area contributed by atoms with Crippen molar-refractivity contribution in [2.24, 2.45) is 4.99 Å². The first kappa shape index (κ1) is 40.1. The number of hydrogen-bond donors (Lipinski definition) is 6. The van der Waals surface area contributed by atoms with Gasteiger partial charge in [0.15, 0.2) is 17.1 Å². The molecule has 6 atom stereocenters. The average Bonchev–Trinajstić information content (AvgIpc) is 4.01. The number of aromatic hydroxyl groups is 1. The summed E-state index contributed by atoms with van der Waals surface area (Å²) in [6, 6.07) is 10.8. The van der Waals surface area contributed by atoms with E-state index in [2.05, 4.69) is 10.3 Å². The molecule has 2 aliphatic carbocycles. The third-order valence-electron chi connectivity index (χ3n) is 12.6. The van der Waals surface area contributed by atoms with Crippen molar-refractivity contribution in [3.05, 3.63) is 111 Å². The molecule has 2 bridgehead atoms. The van der Waals surface area contributed by atoms with Crippen molar-refractivity contribution in [1.29, 1.82) is 0 Å². The van der Waals surface area contributed by atoms with E-state index in [1.807, 2.05) is 43.8 Å². The normalized spacial score (nSPS) is 27.5. The minimum atomic E-state index is -2.56. The first-order valence-electron chi connectivity index (χ1n) is 20.4. The molecule has 312 valence electrons. The number of amides is 1. The Morgan fingerprint density at radius 1 is 1.15 bits per heavy atom. The van der Waals surface area contributed by atoms with Crippen molar-refractivity contribution in [3.8, 4) is 17.2 Å². The predicted octanol–water partition coefficient (Wildman–Crippen LogP) is 3.64. The smallest absolute Gasteiger partial charge is 0.254 e. The van der Waals surface area contributed by atoms with Crippen LogP contribution in [0.25, 0.3) is 16.8 Å². The van der Waals surface area contributed by atoms with Crippen LogP contribution in [0.1, 0.15) is 69.0 Å². The fourth-order valence-corrected chi connectivity index (χ4v) is 9.37. The van der Waals surface area contributed by atoms with Crippen molar-refractivity contribution in [2.45, 2.75) is 74.5 Å². The van der Waals surface area contributed by atoms with Crippen LogP contribution in [0.4, 0.5) is 0 Å². The van der Waals surface area contributed by atoms with Crippen LogP contribution in [-0.4, -0.2) is 125 Å². The van der Waals surface area contributed by atoms with E-state index in [0.29, 0.717) is 34.4 Å². The first-order chi connectivity index (χ1) is 29.0. The first-order valence-corrected chi connectivity index (χ1v) is 20.4. The molecule has 4 aliphatic heterocycles. The molecule has 4 heterocycles. The Kier molecular flexibility index (Phi) is 10.7. The van der Waals surface area contributed by atoms with Gasteiger partial charge in [0.1, 0.15) is 47.2 Å². The van der Waals surface area contributed by atoms with Crippen molar-refractivity contribution in [2.75, 3.05) is 40.5 Å². The topological polar surface area (TPSA) is 200 Å². The van der Waals surface area contributed by atoms with Crippen LogP contribution < -0.4 is 14.8 Å². The molecule has 0 aromatic heterocycles. The van der Waals surface area contributed by atoms with Gasteiger partial charge in [0.2, 0.25) is 6.29 Å². The summed E-state index contributed by atoms with van der Waals surface area (Å²) < 4.78 is 25.2. The van der Waals surface area contributed by atoms with E-state index < -0.39 is 54.4 Å². The minimum absolute atomic E-state index is 0.0483. The second kappa shape index (κ2) is 15.9. The number of aliphatic hydroxyl groups excluding tert-OH is 3. The van der Waals surface area contributed by atoms with E-state index in [9.17, 15) is 35.1 Å². The second-order valence-electron chi connectivity index (χ2n) is 16.2. The van der Waals surface area contributed by atoms with Crippen molar-refractivity contribution >= 4 is 34.8 Å². The van der Waals surface area contributed by atoms with Gasteiger partial charge in [-0.05, 0) is 72.7 Å². The van der Waals surface area contributed by atoms with Crippen LogP contribution in [0.3, 0.4) is 0 Å². The van der Waals surface area contributed by atoms with Gasteiger partial charge in [-0.3, -0.25) is 9.59 Å². The summed E-state index contributed by atoms with van der Waals surface area (Å²) in [7, 11) is 3.33. The number of aliphatic imine (C=N–C) groups is 1. The number of aliphatic hydroxyl groups is 4. The molecule has 3 aromatic carbocycles. The number of ether oxygens (including phenoxy) is 4. The Morgan fingerprint density at radius 2 is 1.95 bits per heavy atom. The quantitative estimate of drug-likeness (QED) is 0.136. The zero-order valence-corrected chi connectivity index (χ0v) is 33.3. The number of nitrogens with zero attached hydrogens (tertiary/aromatic N) is 2. The van der Waals surface area contributed by atoms with Gasteiger partial charge in [0.25, 0.3) is 5.91 Å². The number of carbonyl (C=O) groups is 2. The van der Waals surface area contributed by atoms with Gasteiger partial charge in [0, 0.05) is 42.8 Å². The number of ketones is 1. The largest absolute Gasteiger partial charge is 0.506 e. The van der Waals surface area contributed by atoms with E-state index in [0.717, 1.165) is 48.1 Å². The molecule has 3 aromatic rings. The molecular formula is C46H48N3O11+. The molecule has 6 aliphatic rings. The van der Waals surface area contributed by atoms with Gasteiger partial charge in [-0.2, -0.15) is 4.99 Å². The molecule has 6 unspecified atom stereocenters. The Hall–Kier alpha value is -5.32. The number of allylic oxidation sites excluding steroid dienone is 3. The lowest BCUT2D eigenvalue weighted by molar-refractivity contribution is -0.329. The van der Waals surface area contributed by atoms with Crippen molar-refractivity contribution in [1.82, 2.24) is 10.2 Å². The molecular weight excluding hydrogens is 771 g/mol. The summed E-state index contributed by atoms with van der Waals surface area (Å²) in [6.07, 6.45) is 6.96. The fraction of sp³-hybridized carbons (Fsp3) is 0.391. The van der Waals surface area contributed by atoms with Crippen LogP contribution in [0.15, 0.2) is 82.0 Å². The Labute approximate surface area is 346 Å². The number of fused-ring (bicyclic) bond motifs is 7. The Bertz CT molecular complexity index is 2410. The van der Waals surface area contributed by atoms with E-state index in [-0.39, 0.29) is 53.8 Å². The van der Waals surface area contributed by atoms with Gasteiger partial charge < -0.3 is 54.7 Å². The lowest BCUT2D eigenvalue weighted by atomic mass is 9.86. The predicted molar refractivity (Wildman–Crippen MR) is 221 cm³/mol. The average molecular weight is 819 g/mol. The molecule has 1 amide bonds. The molecule has 6 N–H and O–H groups in total. The number of nitrogens with one attached hydrogen (secondary N) is 1. The molecule has 1 saturated heterocycles. The highest BCUT2D eigenvalue weighted by atomic mass is 16.7. The molecule has 0 spiro atoms. The maximum absolute atomic E-state index is 14.6. The minimum Gasteiger partial charge on any atom is -0.506 e. The second-order valence-corrected chi connectivity index (χ2v) is 16.2. The Morgan fingerprint density at radius 3 is 2.70 bits per heavy atom. The number of phenols is 1. The lowest BCUT2D eigenvalue weighted by Crippen LogP contribution is -2.69. The molecule has 14 nitrogen and oxygen atoms in total. The molecule has 2 fully saturated rings. The third kappa shape index (κ3) is 6.72. The maximum Gasteiger partial charge on any atom is 0.254 e. The summed E-state index contributed by atoms with van der Waals surface area (Å²) in [5, 5.41) is 61.2. The van der Waals surface area contributed by atoms with Gasteiger partial charge in [-0.1, -0.05) is 31.0 Å². The standard InChI is InChI=1S/C46H47N3O11/c1-47-18-24-11-13-33-31(15-24)32(19-48-33)35-14-12-29-36(57-2)17-27-16-30(25-7-3-4-8-25)39(34(51)21-49-20-26-9-5-6-10-28(26)44(49)55)41(53)38(27)42(29)60-45-46(56,23-50)43(54)40(52)37(59-45)22-58-35/h5-6,9-17,19,25,35,37,40,43,45,47,50,52,54,56H,3-4,7-8,18,20-23H2,1-2H3/p+1. The number of likely N-dealkylation sites (N-methyl/N-ethyl adjacent to an activating group) is 1. The SMILES string of the molecule is CNCC1=CC=C2N=CC(C3C=Cc4c(OC)cc5cc(C6CCCC6)c(C(=O)CN6Cc7ccccc7C6=O)c(O)c5c4OC4OC(CO3)C(O)C(O)C4(O)CO)=C2[CH+]1. The lowest BCUT2D eigenvalue weighted by Gasteiger charge is -2.47. The number of carbonyl (C=O) groups excluding carboxylic acids is 2. The van der Waals surface area contributed by atoms with E-state index in [4.69, 9.17) is 18.9 Å². The number of phenolic OH excluding ortho intramolecular Hbond substituents is 1. The van der Waals surface area contributed by atoms with Crippen molar-refractivity contribution < 1.29 is 54.1 Å². The highest BCUT2D eigenvalue weighted by molar-refractivity contribution is 6.11. The number of benzene rings is 3. The number of Topliss-reactive ketones (excluding diaryl/α,β-unsaturated/α-hetero) is 1. The van der Waals surface area contributed by atoms with Crippen LogP contribution >= 0.6 is 0 Å². The van der Waals surface area contributed by atoms with E-state index in [1.165, 1.54) is 12.0 Å². The fourth-order valence-electron chi connectivity index (χ4n) is 9.37. The van der Waals surface area contributed by atoms with Crippen LogP contribution in [-0.2, 0) is 16.0 Å². The summed E-state index contributed by atoms with van der Waals surface area (Å²) in [5.41, 5.74) is 3.01. The monoisotopic (exact) mass is 818 g/mol. The van der Waals surface area contributed by atoms with E-state index in [1.54, 1.807) is 36.6 Å². The third-order valence-corrected chi connectivity index (χ3v) is 12.6. The summed E-state index contributed by atoms with van der Waals surface area (Å²) >= 11 is 0. The maximum atomic E-state index is 14.6. The number of methoxy groups -OCH3 is 1. The van der Waals surface area contributed by atoms with Crippen molar-refractivity contribution in [3.63, 3.8) is 0 Å². The molecule has 0 radical (unpaired) electrons. The zero-order chi connectivity index (χ0) is 41.9. The highest BCUT2D eigenvalue weighted by Crippen LogP contribution is 2.50. The Balaban J connectivity index is 1.22. The summed E-state index contributed by atoms with van der Waals surface area (Å²) in [6.45, 7) is -0.780. The molecule has 1 saturated carbocycles. The van der Waals surface area contributed by atoms with Gasteiger partial charge >= 0.3 is 0 Å². The van der Waals surface area contributed by atoms with Gasteiger partial charge in [-0.25, -0.2) is 0 Å². The van der Waals surface area contributed by atoms with Crippen LogP contribution in [0, 0.1) is 6.42 Å². The molecule has 9 rings (SSSR count). The number of hydrogen-bond acceptors (Lipinski definition) is 13. The molecule has 60 heavy (non-hydrogen) atoms. The van der Waals surface area contributed by atoms with Gasteiger partial charge in [-0.15, -0.1) is 0 Å². The highest BCUT2D eigenvalue weighted by Gasteiger charge is 2.57.